The molecular weight excluding hydrogens is 388 g/mol. The van der Waals surface area contributed by atoms with Crippen LogP contribution in [0.2, 0.25) is 0 Å². The first-order valence-electron chi connectivity index (χ1n) is 9.91. The lowest BCUT2D eigenvalue weighted by Gasteiger charge is -2.23. The van der Waals surface area contributed by atoms with Crippen LogP contribution in [0.1, 0.15) is 40.2 Å². The fourth-order valence-electron chi connectivity index (χ4n) is 4.04. The Balaban J connectivity index is 1.39. The van der Waals surface area contributed by atoms with E-state index in [1.807, 2.05) is 17.0 Å². The summed E-state index contributed by atoms with van der Waals surface area (Å²) in [4.78, 5) is 20.4. The number of hydrogen-bond donors (Lipinski definition) is 1. The van der Waals surface area contributed by atoms with Crippen LogP contribution < -0.4 is 10.1 Å². The molecule has 5 rings (SSSR count). The van der Waals surface area contributed by atoms with Gasteiger partial charge in [-0.05, 0) is 31.4 Å². The summed E-state index contributed by atoms with van der Waals surface area (Å²) in [6.07, 6.45) is 3.11. The van der Waals surface area contributed by atoms with Crippen molar-refractivity contribution < 1.29 is 14.3 Å². The minimum absolute atomic E-state index is 0.0507. The summed E-state index contributed by atoms with van der Waals surface area (Å²) >= 11 is 1.40. The standard InChI is InChI=1S/C21H22N4O3S/c1-27-11-13-7-14(9-23-13)25-10-17-19(21(25)26)29-20(24-17)16-4-2-3-12(8-22)18(16)28-15-5-6-15/h2-4,13-15,23H,5-7,9-11H2,1H3/t13-,14+/m0/s1. The number of carbonyl (C=O) groups is 1. The van der Waals surface area contributed by atoms with Crippen LogP contribution in [0.25, 0.3) is 10.6 Å². The number of thiazole rings is 1. The minimum atomic E-state index is 0.0507. The van der Waals surface area contributed by atoms with E-state index in [1.54, 1.807) is 13.2 Å². The van der Waals surface area contributed by atoms with Crippen molar-refractivity contribution in [2.45, 2.75) is 44.0 Å². The Kier molecular flexibility index (Phi) is 4.74. The van der Waals surface area contributed by atoms with Crippen LogP contribution >= 0.6 is 11.3 Å². The molecule has 1 amide bonds. The van der Waals surface area contributed by atoms with E-state index >= 15 is 0 Å². The number of rotatable bonds is 6. The zero-order chi connectivity index (χ0) is 20.0. The monoisotopic (exact) mass is 410 g/mol. The maximum absolute atomic E-state index is 13.0. The van der Waals surface area contributed by atoms with Gasteiger partial charge in [-0.2, -0.15) is 5.26 Å². The Bertz CT molecular complexity index is 994. The third-order valence-electron chi connectivity index (χ3n) is 5.65. The molecule has 0 unspecified atom stereocenters. The van der Waals surface area contributed by atoms with Gasteiger partial charge in [-0.15, -0.1) is 11.3 Å². The van der Waals surface area contributed by atoms with Crippen LogP contribution in [0.15, 0.2) is 18.2 Å². The molecule has 1 aliphatic carbocycles. The largest absolute Gasteiger partial charge is 0.488 e. The van der Waals surface area contributed by atoms with Gasteiger partial charge in [0.1, 0.15) is 21.7 Å². The van der Waals surface area contributed by atoms with E-state index in [0.717, 1.165) is 42.1 Å². The molecule has 8 heteroatoms. The molecule has 2 aromatic rings. The molecule has 0 bridgehead atoms. The lowest BCUT2D eigenvalue weighted by Crippen LogP contribution is -2.36. The van der Waals surface area contributed by atoms with Crippen molar-refractivity contribution >= 4 is 17.2 Å². The summed E-state index contributed by atoms with van der Waals surface area (Å²) in [6, 6.07) is 8.20. The first-order chi connectivity index (χ1) is 14.2. The molecule has 3 aliphatic rings. The molecular formula is C21H22N4O3S. The lowest BCUT2D eigenvalue weighted by atomic mass is 10.1. The summed E-state index contributed by atoms with van der Waals surface area (Å²) in [5.41, 5.74) is 2.14. The van der Waals surface area contributed by atoms with Crippen molar-refractivity contribution in [1.82, 2.24) is 15.2 Å². The Morgan fingerprint density at radius 1 is 1.41 bits per heavy atom. The van der Waals surface area contributed by atoms with Gasteiger partial charge in [-0.1, -0.05) is 6.07 Å². The number of ether oxygens (including phenoxy) is 2. The first kappa shape index (κ1) is 18.6. The molecule has 1 saturated heterocycles. The fraction of sp³-hybridized carbons (Fsp3) is 0.476. The van der Waals surface area contributed by atoms with Crippen molar-refractivity contribution in [2.24, 2.45) is 0 Å². The highest BCUT2D eigenvalue weighted by atomic mass is 32.1. The number of para-hydroxylation sites is 1. The van der Waals surface area contributed by atoms with E-state index in [1.165, 1.54) is 11.3 Å². The molecule has 2 fully saturated rings. The highest BCUT2D eigenvalue weighted by Crippen LogP contribution is 2.41. The van der Waals surface area contributed by atoms with E-state index in [2.05, 4.69) is 11.4 Å². The molecule has 1 N–H and O–H groups in total. The van der Waals surface area contributed by atoms with Crippen LogP contribution in [-0.4, -0.2) is 54.2 Å². The molecule has 3 heterocycles. The number of carbonyl (C=O) groups excluding carboxylic acids is 1. The van der Waals surface area contributed by atoms with Gasteiger partial charge in [0, 0.05) is 25.7 Å². The van der Waals surface area contributed by atoms with Gasteiger partial charge in [0.2, 0.25) is 0 Å². The van der Waals surface area contributed by atoms with E-state index in [4.69, 9.17) is 14.5 Å². The quantitative estimate of drug-likeness (QED) is 0.788. The lowest BCUT2D eigenvalue weighted by molar-refractivity contribution is 0.0714. The molecule has 2 atom stereocenters. The summed E-state index contributed by atoms with van der Waals surface area (Å²) in [7, 11) is 1.70. The second kappa shape index (κ2) is 7.41. The third kappa shape index (κ3) is 3.39. The summed E-state index contributed by atoms with van der Waals surface area (Å²) in [5.74, 6) is 0.645. The number of benzene rings is 1. The number of methoxy groups -OCH3 is 1. The maximum Gasteiger partial charge on any atom is 0.266 e. The van der Waals surface area contributed by atoms with Crippen LogP contribution in [0.3, 0.4) is 0 Å². The number of fused-ring (bicyclic) bond motifs is 1. The van der Waals surface area contributed by atoms with Gasteiger partial charge in [0.25, 0.3) is 5.91 Å². The Hall–Kier alpha value is -2.47. The third-order valence-corrected chi connectivity index (χ3v) is 6.77. The van der Waals surface area contributed by atoms with Gasteiger partial charge < -0.3 is 19.7 Å². The van der Waals surface area contributed by atoms with Crippen LogP contribution in [0.5, 0.6) is 5.75 Å². The van der Waals surface area contributed by atoms with Gasteiger partial charge >= 0.3 is 0 Å². The molecule has 7 nitrogen and oxygen atoms in total. The normalized spacial score (nSPS) is 23.3. The Morgan fingerprint density at radius 3 is 3.00 bits per heavy atom. The van der Waals surface area contributed by atoms with Gasteiger partial charge in [-0.25, -0.2) is 4.98 Å². The predicted molar refractivity (Wildman–Crippen MR) is 108 cm³/mol. The fourth-order valence-corrected chi connectivity index (χ4v) is 5.09. The topological polar surface area (TPSA) is 87.5 Å². The predicted octanol–water partition coefficient (Wildman–Crippen LogP) is 2.56. The zero-order valence-electron chi connectivity index (χ0n) is 16.2. The molecule has 1 saturated carbocycles. The SMILES string of the molecule is COC[C@@H]1C[C@@H](N2Cc3nc(-c4cccc(C#N)c4OC4CC4)sc3C2=O)CN1. The van der Waals surface area contributed by atoms with Crippen LogP contribution in [0.4, 0.5) is 0 Å². The van der Waals surface area contributed by atoms with Crippen molar-refractivity contribution in [1.29, 1.82) is 5.26 Å². The van der Waals surface area contributed by atoms with Gasteiger partial charge in [-0.3, -0.25) is 4.79 Å². The molecule has 1 aromatic heterocycles. The smallest absolute Gasteiger partial charge is 0.266 e. The summed E-state index contributed by atoms with van der Waals surface area (Å²) in [6.45, 7) is 1.97. The number of hydrogen-bond acceptors (Lipinski definition) is 7. The molecule has 0 spiro atoms. The average Bonchev–Trinajstić information content (AvgIpc) is 3.13. The Labute approximate surface area is 173 Å². The van der Waals surface area contributed by atoms with Crippen molar-refractivity contribution in [2.75, 3.05) is 20.3 Å². The van der Waals surface area contributed by atoms with Crippen molar-refractivity contribution in [3.05, 3.63) is 34.3 Å². The molecule has 0 radical (unpaired) electrons. The van der Waals surface area contributed by atoms with E-state index < -0.39 is 0 Å². The van der Waals surface area contributed by atoms with Crippen LogP contribution in [0, 0.1) is 11.3 Å². The van der Waals surface area contributed by atoms with Gasteiger partial charge in [0.15, 0.2) is 0 Å². The molecule has 29 heavy (non-hydrogen) atoms. The zero-order valence-corrected chi connectivity index (χ0v) is 17.0. The molecule has 1 aromatic carbocycles. The number of nitriles is 1. The van der Waals surface area contributed by atoms with E-state index in [9.17, 15) is 10.1 Å². The van der Waals surface area contributed by atoms with Crippen molar-refractivity contribution in [3.8, 4) is 22.4 Å². The second-order valence-electron chi connectivity index (χ2n) is 7.79. The van der Waals surface area contributed by atoms with E-state index in [-0.39, 0.29) is 24.1 Å². The average molecular weight is 410 g/mol. The molecule has 2 aliphatic heterocycles. The number of nitrogens with zero attached hydrogens (tertiary/aromatic N) is 3. The maximum atomic E-state index is 13.0. The minimum Gasteiger partial charge on any atom is -0.488 e. The number of amides is 1. The highest BCUT2D eigenvalue weighted by Gasteiger charge is 2.39. The van der Waals surface area contributed by atoms with Crippen LogP contribution in [-0.2, 0) is 11.3 Å². The first-order valence-corrected chi connectivity index (χ1v) is 10.7. The van der Waals surface area contributed by atoms with Gasteiger partial charge in [0.05, 0.1) is 36.1 Å². The van der Waals surface area contributed by atoms with E-state index in [0.29, 0.717) is 29.3 Å². The second-order valence-corrected chi connectivity index (χ2v) is 8.79. The summed E-state index contributed by atoms with van der Waals surface area (Å²) in [5, 5.41) is 13.6. The summed E-state index contributed by atoms with van der Waals surface area (Å²) < 4.78 is 11.3. The number of nitrogens with one attached hydrogen (secondary N) is 1. The van der Waals surface area contributed by atoms with Crippen molar-refractivity contribution in [3.63, 3.8) is 0 Å². The number of aromatic nitrogens is 1. The Morgan fingerprint density at radius 2 is 2.28 bits per heavy atom. The molecule has 150 valence electrons. The highest BCUT2D eigenvalue weighted by molar-refractivity contribution is 7.17.